The molecule has 0 aromatic carbocycles. The van der Waals surface area contributed by atoms with Gasteiger partial charge in [-0.2, -0.15) is 0 Å². The Bertz CT molecular complexity index is 429. The summed E-state index contributed by atoms with van der Waals surface area (Å²) >= 11 is 0. The minimum Gasteiger partial charge on any atom is -0.385 e. The number of aryl methyl sites for hydroxylation is 2. The zero-order valence-electron chi connectivity index (χ0n) is 14.2. The maximum atomic E-state index is 5.22. The second-order valence-corrected chi connectivity index (χ2v) is 5.13. The lowest BCUT2D eigenvalue weighted by Gasteiger charge is -2.13. The topological polar surface area (TPSA) is 71.7 Å². The average Bonchev–Trinajstić information content (AvgIpc) is 2.79. The summed E-state index contributed by atoms with van der Waals surface area (Å²) in [4.78, 5) is 4.63. The average molecular weight is 424 g/mol. The molecule has 128 valence electrons. The second-order valence-electron chi connectivity index (χ2n) is 5.13. The lowest BCUT2D eigenvalue weighted by atomic mass is 10.00. The van der Waals surface area contributed by atoms with E-state index in [1.807, 2.05) is 13.8 Å². The molecule has 0 aliphatic heterocycles. The van der Waals surface area contributed by atoms with Crippen LogP contribution in [0.4, 0.5) is 0 Å². The summed E-state index contributed by atoms with van der Waals surface area (Å²) in [6, 6.07) is 0. The molecule has 22 heavy (non-hydrogen) atoms. The van der Waals surface area contributed by atoms with Crippen molar-refractivity contribution in [3.8, 4) is 0 Å². The number of aliphatic imine (C=N–C) groups is 1. The van der Waals surface area contributed by atoms with Crippen LogP contribution >= 0.6 is 24.0 Å². The second kappa shape index (κ2) is 11.7. The third kappa shape index (κ3) is 6.95. The molecule has 1 aromatic heterocycles. The van der Waals surface area contributed by atoms with Gasteiger partial charge in [0.1, 0.15) is 5.76 Å². The first-order valence-corrected chi connectivity index (χ1v) is 7.54. The van der Waals surface area contributed by atoms with Crippen LogP contribution in [0.25, 0.3) is 0 Å². The van der Waals surface area contributed by atoms with E-state index in [4.69, 9.17) is 9.26 Å². The number of rotatable bonds is 8. The molecule has 2 N–H and O–H groups in total. The molecule has 0 saturated heterocycles. The predicted octanol–water partition coefficient (Wildman–Crippen LogP) is 2.60. The first-order valence-electron chi connectivity index (χ1n) is 7.54. The summed E-state index contributed by atoms with van der Waals surface area (Å²) in [5.41, 5.74) is 2.11. The van der Waals surface area contributed by atoms with E-state index in [1.165, 1.54) is 0 Å². The van der Waals surface area contributed by atoms with Crippen molar-refractivity contribution in [3.63, 3.8) is 0 Å². The van der Waals surface area contributed by atoms with Gasteiger partial charge in [-0.05, 0) is 27.2 Å². The molecule has 7 heteroatoms. The van der Waals surface area contributed by atoms with Crippen LogP contribution in [0, 0.1) is 13.8 Å². The van der Waals surface area contributed by atoms with Gasteiger partial charge < -0.3 is 19.9 Å². The van der Waals surface area contributed by atoms with Crippen molar-refractivity contribution in [1.29, 1.82) is 0 Å². The van der Waals surface area contributed by atoms with Crippen LogP contribution in [-0.2, 0) is 4.74 Å². The zero-order chi connectivity index (χ0) is 15.7. The molecule has 6 nitrogen and oxygen atoms in total. The van der Waals surface area contributed by atoms with Crippen LogP contribution < -0.4 is 10.6 Å². The fourth-order valence-electron chi connectivity index (χ4n) is 2.28. The molecular weight excluding hydrogens is 395 g/mol. The van der Waals surface area contributed by atoms with E-state index in [1.54, 1.807) is 7.11 Å². The minimum atomic E-state index is 0. The van der Waals surface area contributed by atoms with Gasteiger partial charge in [0.25, 0.3) is 0 Å². The molecular formula is C15H29IN4O2. The number of nitrogens with zero attached hydrogens (tertiary/aromatic N) is 2. The van der Waals surface area contributed by atoms with E-state index in [-0.39, 0.29) is 29.9 Å². The third-order valence-electron chi connectivity index (χ3n) is 3.27. The highest BCUT2D eigenvalue weighted by Crippen LogP contribution is 2.23. The first kappa shape index (κ1) is 21.2. The number of nitrogens with one attached hydrogen (secondary N) is 2. The lowest BCUT2D eigenvalue weighted by molar-refractivity contribution is 0.195. The third-order valence-corrected chi connectivity index (χ3v) is 3.27. The zero-order valence-corrected chi connectivity index (χ0v) is 16.6. The Kier molecular flexibility index (Phi) is 11.3. The number of halogens is 1. The van der Waals surface area contributed by atoms with E-state index in [9.17, 15) is 0 Å². The number of ether oxygens (including phenoxy) is 1. The Morgan fingerprint density at radius 1 is 1.36 bits per heavy atom. The van der Waals surface area contributed by atoms with Crippen LogP contribution in [0.15, 0.2) is 9.52 Å². The molecule has 1 unspecified atom stereocenters. The number of methoxy groups -OCH3 is 1. The smallest absolute Gasteiger partial charge is 0.191 e. The van der Waals surface area contributed by atoms with Gasteiger partial charge in [0, 0.05) is 44.8 Å². The molecule has 0 aliphatic rings. The van der Waals surface area contributed by atoms with Gasteiger partial charge in [-0.15, -0.1) is 24.0 Å². The standard InChI is InChI=1S/C15H28N4O2.HI/c1-6-16-15(17-8-7-9-20-5)18-10-11(2)14-12(3)19-21-13(14)4;/h11H,6-10H2,1-5H3,(H2,16,17,18);1H. The monoisotopic (exact) mass is 424 g/mol. The number of aromatic nitrogens is 1. The maximum Gasteiger partial charge on any atom is 0.191 e. The van der Waals surface area contributed by atoms with E-state index < -0.39 is 0 Å². The summed E-state index contributed by atoms with van der Waals surface area (Å²) < 4.78 is 10.3. The predicted molar refractivity (Wildman–Crippen MR) is 100 cm³/mol. The molecule has 0 radical (unpaired) electrons. The fraction of sp³-hybridized carbons (Fsp3) is 0.733. The van der Waals surface area contributed by atoms with Crippen molar-refractivity contribution in [2.24, 2.45) is 4.99 Å². The van der Waals surface area contributed by atoms with Crippen LogP contribution in [0.2, 0.25) is 0 Å². The molecule has 0 amide bonds. The lowest BCUT2D eigenvalue weighted by Crippen LogP contribution is -2.38. The highest BCUT2D eigenvalue weighted by atomic mass is 127. The van der Waals surface area contributed by atoms with Gasteiger partial charge in [-0.25, -0.2) is 0 Å². The molecule has 0 saturated carbocycles. The van der Waals surface area contributed by atoms with Crippen LogP contribution in [0.1, 0.15) is 43.2 Å². The van der Waals surface area contributed by atoms with Crippen LogP contribution in [0.3, 0.4) is 0 Å². The normalized spacial score (nSPS) is 12.7. The van der Waals surface area contributed by atoms with Gasteiger partial charge in [0.2, 0.25) is 0 Å². The van der Waals surface area contributed by atoms with Crippen molar-refractivity contribution < 1.29 is 9.26 Å². The van der Waals surface area contributed by atoms with Gasteiger partial charge in [-0.1, -0.05) is 12.1 Å². The van der Waals surface area contributed by atoms with Crippen molar-refractivity contribution in [2.45, 2.75) is 40.0 Å². The summed E-state index contributed by atoms with van der Waals surface area (Å²) in [7, 11) is 1.71. The molecule has 0 spiro atoms. The minimum absolute atomic E-state index is 0. The van der Waals surface area contributed by atoms with Crippen molar-refractivity contribution in [3.05, 3.63) is 17.0 Å². The van der Waals surface area contributed by atoms with E-state index in [2.05, 4.69) is 34.6 Å². The molecule has 0 aliphatic carbocycles. The van der Waals surface area contributed by atoms with Gasteiger partial charge >= 0.3 is 0 Å². The summed E-state index contributed by atoms with van der Waals surface area (Å²) in [5, 5.41) is 10.6. The first-order chi connectivity index (χ1) is 10.1. The SMILES string of the molecule is CCNC(=NCC(C)c1c(C)noc1C)NCCCOC.I. The van der Waals surface area contributed by atoms with Gasteiger partial charge in [-0.3, -0.25) is 4.99 Å². The number of guanidine groups is 1. The highest BCUT2D eigenvalue weighted by Gasteiger charge is 2.16. The van der Waals surface area contributed by atoms with Crippen LogP contribution in [0.5, 0.6) is 0 Å². The summed E-state index contributed by atoms with van der Waals surface area (Å²) in [6.45, 7) is 11.3. The van der Waals surface area contributed by atoms with Gasteiger partial charge in [0.15, 0.2) is 5.96 Å². The molecule has 1 aromatic rings. The van der Waals surface area contributed by atoms with Crippen molar-refractivity contribution in [1.82, 2.24) is 15.8 Å². The Balaban J connectivity index is 0.00000441. The fourth-order valence-corrected chi connectivity index (χ4v) is 2.28. The largest absolute Gasteiger partial charge is 0.385 e. The molecule has 0 fully saturated rings. The van der Waals surface area contributed by atoms with Crippen molar-refractivity contribution >= 4 is 29.9 Å². The Labute approximate surface area is 150 Å². The molecule has 1 rings (SSSR count). The molecule has 1 heterocycles. The summed E-state index contributed by atoms with van der Waals surface area (Å²) in [5.74, 6) is 2.01. The van der Waals surface area contributed by atoms with Crippen LogP contribution in [-0.4, -0.2) is 44.5 Å². The van der Waals surface area contributed by atoms with Gasteiger partial charge in [0.05, 0.1) is 5.69 Å². The quantitative estimate of drug-likeness (QED) is 0.291. The highest BCUT2D eigenvalue weighted by molar-refractivity contribution is 14.0. The Morgan fingerprint density at radius 3 is 2.64 bits per heavy atom. The number of hydrogen-bond acceptors (Lipinski definition) is 4. The number of hydrogen-bond donors (Lipinski definition) is 2. The van der Waals surface area contributed by atoms with E-state index in [0.717, 1.165) is 49.1 Å². The molecule has 0 bridgehead atoms. The Hall–Kier alpha value is -0.830. The van der Waals surface area contributed by atoms with Crippen molar-refractivity contribution in [2.75, 3.05) is 33.4 Å². The molecule has 1 atom stereocenters. The van der Waals surface area contributed by atoms with E-state index in [0.29, 0.717) is 6.54 Å². The maximum absolute atomic E-state index is 5.22. The van der Waals surface area contributed by atoms with E-state index >= 15 is 0 Å². The Morgan fingerprint density at radius 2 is 2.09 bits per heavy atom. The summed E-state index contributed by atoms with van der Waals surface area (Å²) in [6.07, 6.45) is 0.959.